The number of carbonyl (C=O) groups is 1. The highest BCUT2D eigenvalue weighted by molar-refractivity contribution is 5.81. The minimum absolute atomic E-state index is 0.201. The maximum atomic E-state index is 11.5. The molecule has 2 aliphatic carbocycles. The summed E-state index contributed by atoms with van der Waals surface area (Å²) >= 11 is 0. The van der Waals surface area contributed by atoms with Crippen LogP contribution in [0.2, 0.25) is 0 Å². The molecule has 17 heavy (non-hydrogen) atoms. The lowest BCUT2D eigenvalue weighted by atomic mass is 9.94. The fourth-order valence-corrected chi connectivity index (χ4v) is 2.47. The maximum Gasteiger partial charge on any atom is 0.223 e. The number of rotatable bonds is 5. The molecule has 2 aliphatic rings. The van der Waals surface area contributed by atoms with Crippen LogP contribution in [0.5, 0.6) is 0 Å². The van der Waals surface area contributed by atoms with Crippen LogP contribution in [0.1, 0.15) is 39.0 Å². The third kappa shape index (κ3) is 3.96. The zero-order chi connectivity index (χ0) is 12.3. The van der Waals surface area contributed by atoms with Crippen molar-refractivity contribution in [2.24, 2.45) is 17.6 Å². The summed E-state index contributed by atoms with van der Waals surface area (Å²) in [5.74, 6) is 1.05. The third-order valence-electron chi connectivity index (χ3n) is 3.92. The molecule has 0 bridgehead atoms. The van der Waals surface area contributed by atoms with Gasteiger partial charge in [-0.15, -0.1) is 0 Å². The van der Waals surface area contributed by atoms with Crippen LogP contribution >= 0.6 is 0 Å². The van der Waals surface area contributed by atoms with Gasteiger partial charge in [-0.2, -0.15) is 0 Å². The molecule has 0 aliphatic heterocycles. The largest absolute Gasteiger partial charge is 0.376 e. The predicted molar refractivity (Wildman–Crippen MR) is 66.5 cm³/mol. The van der Waals surface area contributed by atoms with Crippen molar-refractivity contribution in [2.45, 2.75) is 51.2 Å². The lowest BCUT2D eigenvalue weighted by molar-refractivity contribution is -0.123. The van der Waals surface area contributed by atoms with Crippen molar-refractivity contribution in [1.29, 1.82) is 0 Å². The standard InChI is InChI=1S/C13H24N2O2/c1-9-8-12(9)13(16)15-6-7-17-11-4-2-10(14)3-5-11/h9-12H,2-8,14H2,1H3,(H,15,16). The summed E-state index contributed by atoms with van der Waals surface area (Å²) < 4.78 is 5.74. The van der Waals surface area contributed by atoms with Crippen molar-refractivity contribution in [3.63, 3.8) is 0 Å². The van der Waals surface area contributed by atoms with Crippen molar-refractivity contribution >= 4 is 5.91 Å². The highest BCUT2D eigenvalue weighted by Crippen LogP contribution is 2.37. The van der Waals surface area contributed by atoms with Crippen molar-refractivity contribution in [3.8, 4) is 0 Å². The van der Waals surface area contributed by atoms with E-state index in [1.54, 1.807) is 0 Å². The van der Waals surface area contributed by atoms with Crippen LogP contribution in [0.3, 0.4) is 0 Å². The summed E-state index contributed by atoms with van der Waals surface area (Å²) in [6, 6.07) is 0.367. The van der Waals surface area contributed by atoms with E-state index in [9.17, 15) is 4.79 Å². The molecule has 2 saturated carbocycles. The average molecular weight is 240 g/mol. The molecule has 4 nitrogen and oxygen atoms in total. The molecule has 3 N–H and O–H groups in total. The van der Waals surface area contributed by atoms with Crippen molar-refractivity contribution in [2.75, 3.05) is 13.2 Å². The Morgan fingerprint density at radius 3 is 2.59 bits per heavy atom. The van der Waals surface area contributed by atoms with Gasteiger partial charge in [0.1, 0.15) is 0 Å². The first-order chi connectivity index (χ1) is 8.16. The van der Waals surface area contributed by atoms with Crippen LogP contribution in [0.4, 0.5) is 0 Å². The summed E-state index contributed by atoms with van der Waals surface area (Å²) in [7, 11) is 0. The van der Waals surface area contributed by atoms with Gasteiger partial charge in [0.15, 0.2) is 0 Å². The zero-order valence-corrected chi connectivity index (χ0v) is 10.7. The Kier molecular flexibility index (Phi) is 4.40. The van der Waals surface area contributed by atoms with E-state index in [2.05, 4.69) is 12.2 Å². The molecule has 0 aromatic heterocycles. The van der Waals surface area contributed by atoms with Gasteiger partial charge in [0, 0.05) is 18.5 Å². The second-order valence-corrected chi connectivity index (χ2v) is 5.52. The minimum atomic E-state index is 0.201. The number of hydrogen-bond acceptors (Lipinski definition) is 3. The monoisotopic (exact) mass is 240 g/mol. The smallest absolute Gasteiger partial charge is 0.223 e. The second-order valence-electron chi connectivity index (χ2n) is 5.52. The van der Waals surface area contributed by atoms with Crippen LogP contribution < -0.4 is 11.1 Å². The van der Waals surface area contributed by atoms with Crippen LogP contribution in [-0.2, 0) is 9.53 Å². The molecule has 2 rings (SSSR count). The molecule has 0 aromatic rings. The number of nitrogens with two attached hydrogens (primary N) is 1. The molecule has 0 spiro atoms. The predicted octanol–water partition coefficient (Wildman–Crippen LogP) is 1.05. The van der Waals surface area contributed by atoms with E-state index >= 15 is 0 Å². The van der Waals surface area contributed by atoms with E-state index in [-0.39, 0.29) is 11.8 Å². The lowest BCUT2D eigenvalue weighted by Gasteiger charge is -2.26. The van der Waals surface area contributed by atoms with E-state index < -0.39 is 0 Å². The molecule has 4 heteroatoms. The van der Waals surface area contributed by atoms with Gasteiger partial charge in [-0.25, -0.2) is 0 Å². The SMILES string of the molecule is CC1CC1C(=O)NCCOC1CCC(N)CC1. The van der Waals surface area contributed by atoms with Crippen molar-refractivity contribution in [1.82, 2.24) is 5.32 Å². The number of ether oxygens (including phenoxy) is 1. The third-order valence-corrected chi connectivity index (χ3v) is 3.92. The van der Waals surface area contributed by atoms with E-state index in [0.717, 1.165) is 32.1 Å². The summed E-state index contributed by atoms with van der Waals surface area (Å²) in [4.78, 5) is 11.5. The Morgan fingerprint density at radius 1 is 1.35 bits per heavy atom. The number of amides is 1. The number of carbonyl (C=O) groups excluding carboxylic acids is 1. The topological polar surface area (TPSA) is 64.3 Å². The van der Waals surface area contributed by atoms with E-state index in [1.807, 2.05) is 0 Å². The average Bonchev–Trinajstić information content (AvgIpc) is 3.04. The first-order valence-electron chi connectivity index (χ1n) is 6.81. The summed E-state index contributed by atoms with van der Waals surface area (Å²) in [6.45, 7) is 3.39. The van der Waals surface area contributed by atoms with E-state index in [1.165, 1.54) is 0 Å². The van der Waals surface area contributed by atoms with Crippen LogP contribution in [0, 0.1) is 11.8 Å². The van der Waals surface area contributed by atoms with Gasteiger partial charge in [-0.05, 0) is 38.0 Å². The van der Waals surface area contributed by atoms with E-state index in [4.69, 9.17) is 10.5 Å². The quantitative estimate of drug-likeness (QED) is 0.706. The molecule has 0 heterocycles. The zero-order valence-electron chi connectivity index (χ0n) is 10.7. The second kappa shape index (κ2) is 5.83. The maximum absolute atomic E-state index is 11.5. The van der Waals surface area contributed by atoms with Gasteiger partial charge in [-0.3, -0.25) is 4.79 Å². The Hall–Kier alpha value is -0.610. The Labute approximate surface area is 103 Å². The number of nitrogens with one attached hydrogen (secondary N) is 1. The minimum Gasteiger partial charge on any atom is -0.376 e. The normalized spacial score (nSPS) is 36.6. The van der Waals surface area contributed by atoms with Gasteiger partial charge in [0.05, 0.1) is 12.7 Å². The van der Waals surface area contributed by atoms with Gasteiger partial charge in [0.25, 0.3) is 0 Å². The van der Waals surface area contributed by atoms with Gasteiger partial charge >= 0.3 is 0 Å². The molecule has 0 saturated heterocycles. The van der Waals surface area contributed by atoms with Crippen molar-refractivity contribution in [3.05, 3.63) is 0 Å². The molecule has 0 radical (unpaired) electrons. The fourth-order valence-electron chi connectivity index (χ4n) is 2.47. The summed E-state index contributed by atoms with van der Waals surface area (Å²) in [5.41, 5.74) is 5.83. The molecule has 2 unspecified atom stereocenters. The molecular weight excluding hydrogens is 216 g/mol. The Bertz CT molecular complexity index is 262. The Morgan fingerprint density at radius 2 is 2.00 bits per heavy atom. The van der Waals surface area contributed by atoms with E-state index in [0.29, 0.717) is 31.2 Å². The number of hydrogen-bond donors (Lipinski definition) is 2. The lowest BCUT2D eigenvalue weighted by Crippen LogP contribution is -2.33. The fraction of sp³-hybridized carbons (Fsp3) is 0.923. The highest BCUT2D eigenvalue weighted by atomic mass is 16.5. The summed E-state index contributed by atoms with van der Waals surface area (Å²) in [6.07, 6.45) is 5.66. The van der Waals surface area contributed by atoms with Crippen LogP contribution in [0.15, 0.2) is 0 Å². The molecule has 2 fully saturated rings. The Balaban J connectivity index is 1.50. The van der Waals surface area contributed by atoms with Gasteiger partial charge in [-0.1, -0.05) is 6.92 Å². The molecule has 0 aromatic carbocycles. The molecular formula is C13H24N2O2. The summed E-state index contributed by atoms with van der Waals surface area (Å²) in [5, 5.41) is 2.93. The first-order valence-corrected chi connectivity index (χ1v) is 6.81. The molecule has 1 amide bonds. The van der Waals surface area contributed by atoms with Gasteiger partial charge < -0.3 is 15.8 Å². The van der Waals surface area contributed by atoms with Crippen LogP contribution in [0.25, 0.3) is 0 Å². The van der Waals surface area contributed by atoms with Crippen LogP contribution in [-0.4, -0.2) is 31.2 Å². The molecule has 98 valence electrons. The first kappa shape index (κ1) is 12.8. The highest BCUT2D eigenvalue weighted by Gasteiger charge is 2.38. The van der Waals surface area contributed by atoms with Gasteiger partial charge in [0.2, 0.25) is 5.91 Å². The van der Waals surface area contributed by atoms with Crippen molar-refractivity contribution < 1.29 is 9.53 Å². The molecule has 2 atom stereocenters.